The molecule has 1 rings (SSSR count). The first-order valence-corrected chi connectivity index (χ1v) is 5.54. The second kappa shape index (κ2) is 7.52. The fraction of sp³-hybridized carbons (Fsp3) is 0.417. The molecule has 0 heterocycles. The van der Waals surface area contributed by atoms with Crippen molar-refractivity contribution in [1.82, 2.24) is 5.48 Å². The smallest absolute Gasteiger partial charge is 0.212 e. The maximum Gasteiger partial charge on any atom is 0.212 e. The van der Waals surface area contributed by atoms with E-state index in [1.165, 1.54) is 0 Å². The Labute approximate surface area is 107 Å². The van der Waals surface area contributed by atoms with E-state index in [1.807, 2.05) is 24.3 Å². The molecule has 0 amide bonds. The normalized spacial score (nSPS) is 13.2. The van der Waals surface area contributed by atoms with Gasteiger partial charge in [-0.25, -0.2) is 10.3 Å². The summed E-state index contributed by atoms with van der Waals surface area (Å²) >= 11 is 0. The van der Waals surface area contributed by atoms with Crippen molar-refractivity contribution in [3.63, 3.8) is 0 Å². The Morgan fingerprint density at radius 3 is 2.61 bits per heavy atom. The molecular weight excluding hydrogens is 234 g/mol. The first-order valence-electron chi connectivity index (χ1n) is 5.54. The average molecular weight is 253 g/mol. The Morgan fingerprint density at radius 2 is 2.06 bits per heavy atom. The molecule has 100 valence electrons. The van der Waals surface area contributed by atoms with Crippen molar-refractivity contribution >= 4 is 5.96 Å². The average Bonchev–Trinajstić information content (AvgIpc) is 2.42. The number of hydroxylamine groups is 1. The van der Waals surface area contributed by atoms with E-state index in [2.05, 4.69) is 10.5 Å². The van der Waals surface area contributed by atoms with Crippen LogP contribution in [0.5, 0.6) is 5.75 Å². The largest absolute Gasteiger partial charge is 0.497 e. The number of guanidine groups is 1. The predicted octanol–water partition coefficient (Wildman–Crippen LogP) is 1.02. The number of methoxy groups -OCH3 is 1. The molecule has 0 fully saturated rings. The molecule has 1 aromatic carbocycles. The summed E-state index contributed by atoms with van der Waals surface area (Å²) < 4.78 is 10.5. The van der Waals surface area contributed by atoms with Crippen molar-refractivity contribution < 1.29 is 14.3 Å². The molecule has 0 spiro atoms. The minimum Gasteiger partial charge on any atom is -0.497 e. The molecule has 3 N–H and O–H groups in total. The van der Waals surface area contributed by atoms with Crippen LogP contribution in [0.1, 0.15) is 12.5 Å². The molecular formula is C12H19N3O3. The van der Waals surface area contributed by atoms with Gasteiger partial charge in [0, 0.05) is 7.05 Å². The second-order valence-electron chi connectivity index (χ2n) is 3.56. The van der Waals surface area contributed by atoms with Gasteiger partial charge in [-0.1, -0.05) is 12.1 Å². The highest BCUT2D eigenvalue weighted by Gasteiger charge is 2.03. The highest BCUT2D eigenvalue weighted by atomic mass is 16.8. The molecule has 0 saturated carbocycles. The van der Waals surface area contributed by atoms with Crippen molar-refractivity contribution in [3.05, 3.63) is 29.8 Å². The molecule has 0 aliphatic rings. The third kappa shape index (κ3) is 5.03. The number of nitrogens with zero attached hydrogens (tertiary/aromatic N) is 1. The van der Waals surface area contributed by atoms with Gasteiger partial charge in [0.25, 0.3) is 0 Å². The van der Waals surface area contributed by atoms with Gasteiger partial charge < -0.3 is 15.2 Å². The summed E-state index contributed by atoms with van der Waals surface area (Å²) in [6.07, 6.45) is -0.438. The molecule has 1 unspecified atom stereocenters. The molecule has 0 aromatic heterocycles. The lowest BCUT2D eigenvalue weighted by Gasteiger charge is -2.14. The van der Waals surface area contributed by atoms with Crippen LogP contribution in [-0.2, 0) is 16.2 Å². The van der Waals surface area contributed by atoms with Crippen LogP contribution in [-0.4, -0.2) is 26.4 Å². The molecule has 0 radical (unpaired) electrons. The van der Waals surface area contributed by atoms with Crippen LogP contribution in [0.4, 0.5) is 0 Å². The van der Waals surface area contributed by atoms with Gasteiger partial charge in [-0.05, 0) is 24.6 Å². The highest BCUT2D eigenvalue weighted by molar-refractivity contribution is 5.76. The van der Waals surface area contributed by atoms with Gasteiger partial charge in [0.05, 0.1) is 13.7 Å². The van der Waals surface area contributed by atoms with Crippen molar-refractivity contribution in [2.75, 3.05) is 14.2 Å². The first-order chi connectivity index (χ1) is 8.65. The quantitative estimate of drug-likeness (QED) is 0.342. The van der Waals surface area contributed by atoms with E-state index in [1.54, 1.807) is 21.1 Å². The van der Waals surface area contributed by atoms with Crippen molar-refractivity contribution in [2.45, 2.75) is 19.8 Å². The zero-order valence-electron chi connectivity index (χ0n) is 10.8. The van der Waals surface area contributed by atoms with E-state index in [9.17, 15) is 0 Å². The maximum atomic E-state index is 5.46. The zero-order chi connectivity index (χ0) is 13.4. The van der Waals surface area contributed by atoms with Crippen molar-refractivity contribution in [3.8, 4) is 5.75 Å². The van der Waals surface area contributed by atoms with E-state index < -0.39 is 6.29 Å². The Kier molecular flexibility index (Phi) is 5.96. The number of aliphatic imine (C=N–C) groups is 1. The zero-order valence-corrected chi connectivity index (χ0v) is 10.8. The van der Waals surface area contributed by atoms with Gasteiger partial charge in [-0.15, -0.1) is 0 Å². The number of rotatable bonds is 6. The predicted molar refractivity (Wildman–Crippen MR) is 69.0 cm³/mol. The monoisotopic (exact) mass is 253 g/mol. The highest BCUT2D eigenvalue weighted by Crippen LogP contribution is 2.12. The lowest BCUT2D eigenvalue weighted by Crippen LogP contribution is -2.35. The molecule has 6 nitrogen and oxygen atoms in total. The van der Waals surface area contributed by atoms with Gasteiger partial charge in [-0.3, -0.25) is 4.99 Å². The second-order valence-corrected chi connectivity index (χ2v) is 3.56. The molecule has 0 saturated heterocycles. The lowest BCUT2D eigenvalue weighted by molar-refractivity contribution is -0.160. The van der Waals surface area contributed by atoms with Crippen LogP contribution >= 0.6 is 0 Å². The Balaban J connectivity index is 2.30. The maximum absolute atomic E-state index is 5.46. The fourth-order valence-electron chi connectivity index (χ4n) is 1.16. The number of ether oxygens (including phenoxy) is 2. The van der Waals surface area contributed by atoms with Crippen LogP contribution in [0.2, 0.25) is 0 Å². The van der Waals surface area contributed by atoms with E-state index in [4.69, 9.17) is 20.0 Å². The lowest BCUT2D eigenvalue weighted by atomic mass is 10.2. The topological polar surface area (TPSA) is 78.1 Å². The van der Waals surface area contributed by atoms with Gasteiger partial charge in [-0.2, -0.15) is 0 Å². The SMILES string of the molecule is CN=C(N)NOC(C)OCc1ccc(OC)cc1. The van der Waals surface area contributed by atoms with Crippen molar-refractivity contribution in [2.24, 2.45) is 10.7 Å². The summed E-state index contributed by atoms with van der Waals surface area (Å²) in [5.74, 6) is 1.02. The minimum absolute atomic E-state index is 0.204. The van der Waals surface area contributed by atoms with Gasteiger partial charge in [0.2, 0.25) is 5.96 Å². The minimum atomic E-state index is -0.438. The van der Waals surface area contributed by atoms with Crippen LogP contribution in [0, 0.1) is 0 Å². The standard InChI is InChI=1S/C12H19N3O3/c1-9(18-15-12(13)14-2)17-8-10-4-6-11(16-3)7-5-10/h4-7,9H,8H2,1-3H3,(H3,13,14,15). The number of nitrogens with one attached hydrogen (secondary N) is 1. The Hall–Kier alpha value is -1.79. The summed E-state index contributed by atoms with van der Waals surface area (Å²) in [6.45, 7) is 2.20. The van der Waals surface area contributed by atoms with E-state index >= 15 is 0 Å². The molecule has 0 aliphatic heterocycles. The van der Waals surface area contributed by atoms with Crippen molar-refractivity contribution in [1.29, 1.82) is 0 Å². The summed E-state index contributed by atoms with van der Waals surface area (Å²) in [5.41, 5.74) is 8.91. The Morgan fingerprint density at radius 1 is 1.39 bits per heavy atom. The van der Waals surface area contributed by atoms with E-state index in [0.717, 1.165) is 11.3 Å². The molecule has 18 heavy (non-hydrogen) atoms. The summed E-state index contributed by atoms with van der Waals surface area (Å²) in [4.78, 5) is 8.80. The van der Waals surface area contributed by atoms with Gasteiger partial charge >= 0.3 is 0 Å². The molecule has 0 aliphatic carbocycles. The number of hydrogen-bond acceptors (Lipinski definition) is 4. The summed E-state index contributed by atoms with van der Waals surface area (Å²) in [5, 5.41) is 0. The molecule has 6 heteroatoms. The third-order valence-corrected chi connectivity index (χ3v) is 2.21. The number of benzene rings is 1. The molecule has 1 atom stereocenters. The van der Waals surface area contributed by atoms with Crippen LogP contribution in [0.15, 0.2) is 29.3 Å². The van der Waals surface area contributed by atoms with E-state index in [-0.39, 0.29) is 5.96 Å². The number of hydrogen-bond donors (Lipinski definition) is 2. The Bertz CT molecular complexity index is 379. The van der Waals surface area contributed by atoms with Crippen LogP contribution < -0.4 is 16.0 Å². The van der Waals surface area contributed by atoms with Gasteiger partial charge in [0.1, 0.15) is 5.75 Å². The van der Waals surface area contributed by atoms with Gasteiger partial charge in [0.15, 0.2) is 6.29 Å². The fourth-order valence-corrected chi connectivity index (χ4v) is 1.16. The molecule has 1 aromatic rings. The number of nitrogens with two attached hydrogens (primary N) is 1. The van der Waals surface area contributed by atoms with Crippen LogP contribution in [0.3, 0.4) is 0 Å². The first kappa shape index (κ1) is 14.3. The third-order valence-electron chi connectivity index (χ3n) is 2.21. The van der Waals surface area contributed by atoms with E-state index in [0.29, 0.717) is 6.61 Å². The summed E-state index contributed by atoms with van der Waals surface area (Å²) in [7, 11) is 3.20. The summed E-state index contributed by atoms with van der Waals surface area (Å²) in [6, 6.07) is 7.62. The molecule has 0 bridgehead atoms. The van der Waals surface area contributed by atoms with Crippen LogP contribution in [0.25, 0.3) is 0 Å².